The van der Waals surface area contributed by atoms with Gasteiger partial charge in [-0.25, -0.2) is 0 Å². The summed E-state index contributed by atoms with van der Waals surface area (Å²) in [5.74, 6) is -0.395. The number of benzene rings is 1. The van der Waals surface area contributed by atoms with Gasteiger partial charge in [-0.1, -0.05) is 17.4 Å². The minimum atomic E-state index is -0.576. The van der Waals surface area contributed by atoms with Crippen LogP contribution in [0.3, 0.4) is 0 Å². The van der Waals surface area contributed by atoms with Gasteiger partial charge in [0, 0.05) is 0 Å². The van der Waals surface area contributed by atoms with Gasteiger partial charge in [-0.3, -0.25) is 9.59 Å². The molecule has 26 heavy (non-hydrogen) atoms. The molecule has 0 fully saturated rings. The normalized spacial score (nSPS) is 14.4. The third-order valence-corrected chi connectivity index (χ3v) is 4.58. The fraction of sp³-hybridized carbons (Fsp3) is 0.353. The van der Waals surface area contributed by atoms with Crippen molar-refractivity contribution in [2.45, 2.75) is 13.5 Å². The average Bonchev–Trinajstić information content (AvgIpc) is 2.99. The van der Waals surface area contributed by atoms with Crippen LogP contribution < -0.4 is 9.54 Å². The molecule has 0 spiro atoms. The van der Waals surface area contributed by atoms with Gasteiger partial charge >= 0.3 is 11.9 Å². The lowest BCUT2D eigenvalue weighted by molar-refractivity contribution is -0.143. The van der Waals surface area contributed by atoms with E-state index in [1.165, 1.54) is 17.6 Å². The summed E-state index contributed by atoms with van der Waals surface area (Å²) in [6.07, 6.45) is 1.25. The van der Waals surface area contributed by atoms with E-state index in [1.807, 2.05) is 12.1 Å². The first-order valence-electron chi connectivity index (χ1n) is 7.99. The zero-order chi connectivity index (χ0) is 18.5. The first-order valence-corrected chi connectivity index (χ1v) is 8.81. The molecule has 0 radical (unpaired) electrons. The van der Waals surface area contributed by atoms with Crippen LogP contribution in [0.15, 0.2) is 35.2 Å². The number of aromatic nitrogens is 1. The number of nitrogens with zero attached hydrogens (tertiary/aromatic N) is 2. The zero-order valence-electron chi connectivity index (χ0n) is 14.4. The van der Waals surface area contributed by atoms with E-state index in [4.69, 9.17) is 18.9 Å². The number of carbonyl (C=O) groups excluding carboxylic acids is 2. The summed E-state index contributed by atoms with van der Waals surface area (Å²) in [5, 5.41) is 0. The lowest BCUT2D eigenvalue weighted by Crippen LogP contribution is -2.24. The number of esters is 1. The molecule has 1 aliphatic rings. The van der Waals surface area contributed by atoms with Crippen molar-refractivity contribution < 1.29 is 28.5 Å². The van der Waals surface area contributed by atoms with Crippen LogP contribution in [0, 0.1) is 0 Å². The quantitative estimate of drug-likeness (QED) is 0.734. The molecule has 0 atom stereocenters. The van der Waals surface area contributed by atoms with Gasteiger partial charge in [-0.2, -0.15) is 4.99 Å². The molecular weight excluding hydrogens is 360 g/mol. The van der Waals surface area contributed by atoms with Crippen LogP contribution in [-0.4, -0.2) is 43.4 Å². The largest absolute Gasteiger partial charge is 0.495 e. The van der Waals surface area contributed by atoms with Crippen molar-refractivity contribution in [3.8, 4) is 5.75 Å². The minimum Gasteiger partial charge on any atom is -0.495 e. The van der Waals surface area contributed by atoms with E-state index >= 15 is 0 Å². The Morgan fingerprint density at radius 1 is 1.35 bits per heavy atom. The lowest BCUT2D eigenvalue weighted by Gasteiger charge is -2.12. The number of amides is 1. The summed E-state index contributed by atoms with van der Waals surface area (Å²) in [6.45, 7) is 2.59. The molecular formula is C17H18N2O6S. The van der Waals surface area contributed by atoms with E-state index in [2.05, 4.69) is 4.99 Å². The highest BCUT2D eigenvalue weighted by Crippen LogP contribution is 2.27. The van der Waals surface area contributed by atoms with Gasteiger partial charge in [0.15, 0.2) is 4.80 Å². The molecule has 0 aliphatic carbocycles. The lowest BCUT2D eigenvalue weighted by atomic mass is 10.3. The Hall–Kier alpha value is -2.81. The van der Waals surface area contributed by atoms with Crippen molar-refractivity contribution in [3.63, 3.8) is 0 Å². The molecule has 0 unspecified atom stereocenters. The maximum Gasteiger partial charge on any atom is 0.326 e. The van der Waals surface area contributed by atoms with Gasteiger partial charge < -0.3 is 23.5 Å². The molecule has 8 nitrogen and oxygen atoms in total. The first-order chi connectivity index (χ1) is 12.6. The summed E-state index contributed by atoms with van der Waals surface area (Å²) in [4.78, 5) is 28.9. The highest BCUT2D eigenvalue weighted by atomic mass is 32.1. The summed E-state index contributed by atoms with van der Waals surface area (Å²) in [6, 6.07) is 5.48. The Bertz CT molecular complexity index is 927. The fourth-order valence-electron chi connectivity index (χ4n) is 2.45. The number of ether oxygens (including phenoxy) is 4. The van der Waals surface area contributed by atoms with Gasteiger partial charge in [0.05, 0.1) is 18.4 Å². The molecule has 0 bridgehead atoms. The third-order valence-electron chi connectivity index (χ3n) is 3.53. The van der Waals surface area contributed by atoms with Crippen LogP contribution in [-0.2, 0) is 30.3 Å². The number of rotatable bonds is 5. The number of thiazole rings is 1. The van der Waals surface area contributed by atoms with Crippen LogP contribution in [0.1, 0.15) is 6.92 Å². The molecule has 0 saturated heterocycles. The zero-order valence-corrected chi connectivity index (χ0v) is 15.2. The number of fused-ring (bicyclic) bond motifs is 1. The Morgan fingerprint density at radius 3 is 2.88 bits per heavy atom. The van der Waals surface area contributed by atoms with Gasteiger partial charge in [-0.15, -0.1) is 0 Å². The molecule has 2 aromatic rings. The second-order valence-electron chi connectivity index (χ2n) is 5.20. The van der Waals surface area contributed by atoms with Crippen LogP contribution in [0.2, 0.25) is 0 Å². The Balaban J connectivity index is 2.11. The highest BCUT2D eigenvalue weighted by Gasteiger charge is 2.18. The second-order valence-corrected chi connectivity index (χ2v) is 6.21. The second kappa shape index (κ2) is 8.05. The van der Waals surface area contributed by atoms with Crippen LogP contribution >= 0.6 is 11.3 Å². The Morgan fingerprint density at radius 2 is 2.19 bits per heavy atom. The minimum absolute atomic E-state index is 0.0309. The molecule has 1 aromatic carbocycles. The standard InChI is InChI=1S/C17H18N2O6S/c1-3-24-14(20)9-19-15-11(22-2)5-4-6-13(15)26-17(19)18-16(21)12-10-23-7-8-25-12/h4-6,10H,3,7-9H2,1-2H3. The van der Waals surface area contributed by atoms with Crippen molar-refractivity contribution in [3.05, 3.63) is 35.0 Å². The maximum absolute atomic E-state index is 12.4. The van der Waals surface area contributed by atoms with Crippen molar-refractivity contribution in [1.29, 1.82) is 0 Å². The van der Waals surface area contributed by atoms with Gasteiger partial charge in [0.2, 0.25) is 5.76 Å². The molecule has 9 heteroatoms. The molecule has 138 valence electrons. The average molecular weight is 378 g/mol. The molecule has 1 aliphatic heterocycles. The molecule has 2 heterocycles. The van der Waals surface area contributed by atoms with Gasteiger partial charge in [0.25, 0.3) is 0 Å². The van der Waals surface area contributed by atoms with Crippen LogP contribution in [0.25, 0.3) is 10.2 Å². The van der Waals surface area contributed by atoms with Crippen LogP contribution in [0.4, 0.5) is 0 Å². The predicted octanol–water partition coefficient (Wildman–Crippen LogP) is 1.59. The monoisotopic (exact) mass is 378 g/mol. The van der Waals surface area contributed by atoms with Crippen molar-refractivity contribution in [2.75, 3.05) is 26.9 Å². The third kappa shape index (κ3) is 3.72. The summed E-state index contributed by atoms with van der Waals surface area (Å²) in [5.41, 5.74) is 0.675. The number of methoxy groups -OCH3 is 1. The molecule has 1 amide bonds. The van der Waals surface area contributed by atoms with Gasteiger partial charge in [0.1, 0.15) is 37.3 Å². The van der Waals surface area contributed by atoms with E-state index in [1.54, 1.807) is 24.7 Å². The smallest absolute Gasteiger partial charge is 0.326 e. The maximum atomic E-state index is 12.4. The number of hydrogen-bond acceptors (Lipinski definition) is 7. The highest BCUT2D eigenvalue weighted by molar-refractivity contribution is 7.16. The fourth-order valence-corrected chi connectivity index (χ4v) is 3.50. The number of para-hydroxylation sites is 1. The van der Waals surface area contributed by atoms with Crippen molar-refractivity contribution in [1.82, 2.24) is 4.57 Å². The molecule has 0 saturated carbocycles. The topological polar surface area (TPSA) is 88.4 Å². The Kier molecular flexibility index (Phi) is 5.57. The van der Waals surface area contributed by atoms with Crippen molar-refractivity contribution >= 4 is 33.4 Å². The van der Waals surface area contributed by atoms with E-state index < -0.39 is 11.9 Å². The Labute approximate surface area is 153 Å². The number of hydrogen-bond donors (Lipinski definition) is 0. The van der Waals surface area contributed by atoms with E-state index in [0.29, 0.717) is 22.7 Å². The van der Waals surface area contributed by atoms with E-state index in [9.17, 15) is 9.59 Å². The van der Waals surface area contributed by atoms with E-state index in [-0.39, 0.29) is 25.5 Å². The number of carbonyl (C=O) groups is 2. The first kappa shape index (κ1) is 18.0. The predicted molar refractivity (Wildman–Crippen MR) is 93.6 cm³/mol. The molecule has 3 rings (SSSR count). The van der Waals surface area contributed by atoms with E-state index in [0.717, 1.165) is 4.70 Å². The molecule has 0 N–H and O–H groups in total. The van der Waals surface area contributed by atoms with Crippen molar-refractivity contribution in [2.24, 2.45) is 4.99 Å². The van der Waals surface area contributed by atoms with Gasteiger partial charge in [-0.05, 0) is 19.1 Å². The SMILES string of the molecule is CCOC(=O)Cn1c(=NC(=O)C2=COCCO2)sc2cccc(OC)c21. The summed E-state index contributed by atoms with van der Waals surface area (Å²) < 4.78 is 23.2. The van der Waals surface area contributed by atoms with Crippen LogP contribution in [0.5, 0.6) is 5.75 Å². The summed E-state index contributed by atoms with van der Waals surface area (Å²) in [7, 11) is 1.54. The summed E-state index contributed by atoms with van der Waals surface area (Å²) >= 11 is 1.27. The molecule has 1 aromatic heterocycles.